The molecule has 0 aliphatic carbocycles. The molecule has 0 radical (unpaired) electrons. The number of carbonyl (C=O) groups is 1. The molecular formula is C54H94O9. The molecule has 1 heterocycles. The van der Waals surface area contributed by atoms with Gasteiger partial charge < -0.3 is 39.4 Å². The Labute approximate surface area is 385 Å². The van der Waals surface area contributed by atoms with Crippen LogP contribution in [0.5, 0.6) is 0 Å². The van der Waals surface area contributed by atoms with Gasteiger partial charge in [-0.2, -0.15) is 0 Å². The van der Waals surface area contributed by atoms with Gasteiger partial charge in [-0.1, -0.05) is 202 Å². The molecule has 4 N–H and O–H groups in total. The number of unbranched alkanes of at least 4 members (excludes halogenated alkanes) is 20. The van der Waals surface area contributed by atoms with E-state index < -0.39 is 43.4 Å². The van der Waals surface area contributed by atoms with E-state index in [-0.39, 0.29) is 19.2 Å². The van der Waals surface area contributed by atoms with Crippen molar-refractivity contribution < 1.29 is 44.2 Å². The van der Waals surface area contributed by atoms with Gasteiger partial charge in [0.2, 0.25) is 0 Å². The summed E-state index contributed by atoms with van der Waals surface area (Å²) in [5.74, 6) is -0.319. The second kappa shape index (κ2) is 44.8. The van der Waals surface area contributed by atoms with Gasteiger partial charge in [0.25, 0.3) is 0 Å². The Balaban J connectivity index is 2.20. The Kier molecular flexibility index (Phi) is 41.7. The van der Waals surface area contributed by atoms with Crippen molar-refractivity contribution in [1.82, 2.24) is 0 Å². The van der Waals surface area contributed by atoms with Crippen molar-refractivity contribution in [3.63, 3.8) is 0 Å². The maximum atomic E-state index is 12.8. The van der Waals surface area contributed by atoms with Crippen LogP contribution in [0.3, 0.4) is 0 Å². The quantitative estimate of drug-likeness (QED) is 0.0268. The Hall–Kier alpha value is -2.37. The molecule has 0 bridgehead atoms. The lowest BCUT2D eigenvalue weighted by atomic mass is 9.99. The molecule has 1 saturated heterocycles. The van der Waals surface area contributed by atoms with Gasteiger partial charge in [0, 0.05) is 13.0 Å². The molecule has 0 aromatic rings. The van der Waals surface area contributed by atoms with Crippen LogP contribution in [0.15, 0.2) is 72.9 Å². The largest absolute Gasteiger partial charge is 0.457 e. The number of hydrogen-bond donors (Lipinski definition) is 4. The predicted molar refractivity (Wildman–Crippen MR) is 260 cm³/mol. The Bertz CT molecular complexity index is 1190. The first-order chi connectivity index (χ1) is 30.9. The minimum absolute atomic E-state index is 0.119. The Morgan fingerprint density at radius 2 is 0.968 bits per heavy atom. The number of hydrogen-bond acceptors (Lipinski definition) is 9. The molecule has 9 heteroatoms. The fourth-order valence-corrected chi connectivity index (χ4v) is 7.44. The van der Waals surface area contributed by atoms with Crippen LogP contribution in [0.4, 0.5) is 0 Å². The van der Waals surface area contributed by atoms with E-state index in [4.69, 9.17) is 18.9 Å². The highest BCUT2D eigenvalue weighted by Crippen LogP contribution is 2.23. The third-order valence-corrected chi connectivity index (χ3v) is 11.4. The molecule has 1 aliphatic rings. The van der Waals surface area contributed by atoms with Crippen molar-refractivity contribution >= 4 is 5.97 Å². The third-order valence-electron chi connectivity index (χ3n) is 11.4. The summed E-state index contributed by atoms with van der Waals surface area (Å²) in [7, 11) is 0. The zero-order chi connectivity index (χ0) is 45.7. The normalized spacial score (nSPS) is 20.3. The highest BCUT2D eigenvalue weighted by atomic mass is 16.7. The smallest absolute Gasteiger partial charge is 0.306 e. The van der Waals surface area contributed by atoms with Crippen LogP contribution in [0.2, 0.25) is 0 Å². The summed E-state index contributed by atoms with van der Waals surface area (Å²) in [5.41, 5.74) is 0. The average Bonchev–Trinajstić information content (AvgIpc) is 3.28. The molecule has 63 heavy (non-hydrogen) atoms. The molecule has 0 amide bonds. The van der Waals surface area contributed by atoms with Gasteiger partial charge in [-0.3, -0.25) is 4.79 Å². The molecule has 0 aromatic carbocycles. The highest BCUT2D eigenvalue weighted by molar-refractivity contribution is 5.69. The van der Waals surface area contributed by atoms with E-state index in [2.05, 4.69) is 86.8 Å². The molecule has 1 fully saturated rings. The second-order valence-corrected chi connectivity index (χ2v) is 17.2. The first-order valence-corrected chi connectivity index (χ1v) is 25.5. The van der Waals surface area contributed by atoms with Crippen molar-refractivity contribution in [2.45, 2.75) is 237 Å². The predicted octanol–water partition coefficient (Wildman–Crippen LogP) is 12.4. The summed E-state index contributed by atoms with van der Waals surface area (Å²) in [6.07, 6.45) is 52.2. The summed E-state index contributed by atoms with van der Waals surface area (Å²) in [6, 6.07) is 0. The van der Waals surface area contributed by atoms with Crippen LogP contribution in [0.1, 0.15) is 200 Å². The number of aliphatic hydroxyl groups is 4. The standard InChI is InChI=1S/C54H94O9/c1-3-5-7-9-11-13-15-17-19-20-21-22-23-24-25-26-27-28-29-30-32-34-36-38-40-42-44-60-46-48(47-61-54-53(59)52(58)51(57)49(45-55)63-54)62-50(56)43-41-39-37-35-33-31-18-16-14-12-10-8-6-4-2/h5,7,11,13,17,19,21-22,24-25,27-28,48-49,51-55,57-59H,3-4,6,8-10,12,14-16,18,20,23,26,29-47H2,1-2H3/b7-5-,13-11-,19-17-,22-21-,25-24-,28-27-. The topological polar surface area (TPSA) is 135 Å². The van der Waals surface area contributed by atoms with E-state index in [0.717, 1.165) is 83.5 Å². The van der Waals surface area contributed by atoms with Crippen LogP contribution in [-0.2, 0) is 23.7 Å². The van der Waals surface area contributed by atoms with Crippen LogP contribution >= 0.6 is 0 Å². The van der Waals surface area contributed by atoms with Gasteiger partial charge in [-0.05, 0) is 64.2 Å². The molecule has 0 aromatic heterocycles. The van der Waals surface area contributed by atoms with Gasteiger partial charge in [0.15, 0.2) is 6.29 Å². The molecule has 9 nitrogen and oxygen atoms in total. The number of ether oxygens (including phenoxy) is 4. The summed E-state index contributed by atoms with van der Waals surface area (Å²) in [6.45, 7) is 4.42. The van der Waals surface area contributed by atoms with Gasteiger partial charge in [-0.15, -0.1) is 0 Å². The lowest BCUT2D eigenvalue weighted by molar-refractivity contribution is -0.305. The van der Waals surface area contributed by atoms with E-state index in [1.165, 1.54) is 96.3 Å². The van der Waals surface area contributed by atoms with Gasteiger partial charge in [-0.25, -0.2) is 0 Å². The fourth-order valence-electron chi connectivity index (χ4n) is 7.44. The summed E-state index contributed by atoms with van der Waals surface area (Å²) in [4.78, 5) is 12.8. The van der Waals surface area contributed by atoms with E-state index >= 15 is 0 Å². The minimum Gasteiger partial charge on any atom is -0.457 e. The van der Waals surface area contributed by atoms with Crippen molar-refractivity contribution in [2.24, 2.45) is 0 Å². The highest BCUT2D eigenvalue weighted by Gasteiger charge is 2.44. The van der Waals surface area contributed by atoms with Crippen molar-refractivity contribution in [2.75, 3.05) is 26.4 Å². The number of rotatable bonds is 43. The first-order valence-electron chi connectivity index (χ1n) is 25.5. The zero-order valence-electron chi connectivity index (χ0n) is 40.1. The number of esters is 1. The Morgan fingerprint density at radius 1 is 0.524 bits per heavy atom. The zero-order valence-corrected chi connectivity index (χ0v) is 40.1. The van der Waals surface area contributed by atoms with Crippen molar-refractivity contribution in [3.05, 3.63) is 72.9 Å². The van der Waals surface area contributed by atoms with Crippen LogP contribution in [0.25, 0.3) is 0 Å². The van der Waals surface area contributed by atoms with Crippen molar-refractivity contribution in [3.8, 4) is 0 Å². The average molecular weight is 887 g/mol. The van der Waals surface area contributed by atoms with E-state index in [1.807, 2.05) is 0 Å². The van der Waals surface area contributed by atoms with Gasteiger partial charge in [0.1, 0.15) is 30.5 Å². The molecule has 6 unspecified atom stereocenters. The third kappa shape index (κ3) is 35.6. The first kappa shape index (κ1) is 58.6. The second-order valence-electron chi connectivity index (χ2n) is 17.2. The monoisotopic (exact) mass is 887 g/mol. The molecule has 1 aliphatic heterocycles. The van der Waals surface area contributed by atoms with E-state index in [9.17, 15) is 25.2 Å². The fraction of sp³-hybridized carbons (Fsp3) is 0.759. The lowest BCUT2D eigenvalue weighted by Gasteiger charge is -2.39. The van der Waals surface area contributed by atoms with E-state index in [1.54, 1.807) is 0 Å². The number of allylic oxidation sites excluding steroid dienone is 12. The summed E-state index contributed by atoms with van der Waals surface area (Å²) in [5, 5.41) is 40.2. The molecule has 6 atom stereocenters. The van der Waals surface area contributed by atoms with Crippen LogP contribution < -0.4 is 0 Å². The summed E-state index contributed by atoms with van der Waals surface area (Å²) >= 11 is 0. The van der Waals surface area contributed by atoms with Crippen molar-refractivity contribution in [1.29, 1.82) is 0 Å². The van der Waals surface area contributed by atoms with E-state index in [0.29, 0.717) is 13.0 Å². The minimum atomic E-state index is -1.54. The van der Waals surface area contributed by atoms with Crippen LogP contribution in [0, 0.1) is 0 Å². The number of carbonyl (C=O) groups excluding carboxylic acids is 1. The lowest BCUT2D eigenvalue weighted by Crippen LogP contribution is -2.59. The molecule has 1 rings (SSSR count). The maximum absolute atomic E-state index is 12.8. The Morgan fingerprint density at radius 3 is 1.46 bits per heavy atom. The summed E-state index contributed by atoms with van der Waals surface area (Å²) < 4.78 is 22.9. The van der Waals surface area contributed by atoms with Gasteiger partial charge >= 0.3 is 5.97 Å². The van der Waals surface area contributed by atoms with Gasteiger partial charge in [0.05, 0.1) is 19.8 Å². The molecule has 0 saturated carbocycles. The molecular weight excluding hydrogens is 793 g/mol. The maximum Gasteiger partial charge on any atom is 0.306 e. The number of aliphatic hydroxyl groups excluding tert-OH is 4. The SMILES string of the molecule is CC/C=C\C/C=C\C/C=C\C/C=C\C/C=C\C/C=C\CCCCCCCCCOCC(COC1OC(CO)C(O)C(O)C1O)OC(=O)CCCCCCCCCCCCCCCC. The molecule has 0 spiro atoms. The molecule has 364 valence electrons. The van der Waals surface area contributed by atoms with Crippen LogP contribution in [-0.4, -0.2) is 89.6 Å².